The summed E-state index contributed by atoms with van der Waals surface area (Å²) in [6, 6.07) is 5.66. The molecule has 0 bridgehead atoms. The van der Waals surface area contributed by atoms with Crippen LogP contribution in [0.1, 0.15) is 13.3 Å². The van der Waals surface area contributed by atoms with E-state index in [0.29, 0.717) is 11.4 Å². The normalized spacial score (nSPS) is 13.2. The fourth-order valence-electron chi connectivity index (χ4n) is 1.31. The van der Waals surface area contributed by atoms with E-state index in [1.807, 2.05) is 0 Å². The third-order valence-electron chi connectivity index (χ3n) is 2.49. The van der Waals surface area contributed by atoms with E-state index in [1.165, 1.54) is 24.3 Å². The Hall–Kier alpha value is -1.11. The van der Waals surface area contributed by atoms with Gasteiger partial charge < -0.3 is 5.11 Å². The summed E-state index contributed by atoms with van der Waals surface area (Å²) in [5, 5.41) is 9.26. The van der Waals surface area contributed by atoms with Crippen LogP contribution in [-0.2, 0) is 14.8 Å². The summed E-state index contributed by atoms with van der Waals surface area (Å²) in [6.45, 7) is 1.56. The van der Waals surface area contributed by atoms with Crippen LogP contribution in [0.25, 0.3) is 0 Å². The molecule has 5 nitrogen and oxygen atoms in total. The lowest BCUT2D eigenvalue weighted by molar-refractivity contribution is -0.141. The highest BCUT2D eigenvalue weighted by Gasteiger charge is 2.20. The number of hydrogen-bond donors (Lipinski definition) is 2. The molecule has 1 unspecified atom stereocenters. The van der Waals surface area contributed by atoms with Crippen LogP contribution in [0.2, 0.25) is 5.02 Å². The van der Waals surface area contributed by atoms with Crippen molar-refractivity contribution in [1.82, 2.24) is 4.72 Å². The zero-order valence-electron chi connectivity index (χ0n) is 9.76. The van der Waals surface area contributed by atoms with E-state index in [2.05, 4.69) is 4.72 Å². The summed E-state index contributed by atoms with van der Waals surface area (Å²) in [5.74, 6) is -1.75. The predicted molar refractivity (Wildman–Crippen MR) is 68.1 cm³/mol. The maximum Gasteiger partial charge on any atom is 0.307 e. The van der Waals surface area contributed by atoms with Crippen LogP contribution in [0.5, 0.6) is 0 Å². The lowest BCUT2D eigenvalue weighted by atomic mass is 10.1. The van der Waals surface area contributed by atoms with E-state index in [1.54, 1.807) is 6.92 Å². The van der Waals surface area contributed by atoms with Crippen molar-refractivity contribution in [2.45, 2.75) is 18.2 Å². The highest BCUT2D eigenvalue weighted by Crippen LogP contribution is 2.14. The van der Waals surface area contributed by atoms with Crippen LogP contribution >= 0.6 is 11.6 Å². The minimum atomic E-state index is -3.69. The van der Waals surface area contributed by atoms with Gasteiger partial charge >= 0.3 is 5.97 Å². The van der Waals surface area contributed by atoms with Crippen LogP contribution in [0.3, 0.4) is 0 Å². The second-order valence-electron chi connectivity index (χ2n) is 3.75. The Morgan fingerprint density at radius 3 is 2.39 bits per heavy atom. The first kappa shape index (κ1) is 14.9. The Morgan fingerprint density at radius 1 is 1.39 bits per heavy atom. The van der Waals surface area contributed by atoms with Gasteiger partial charge in [0.1, 0.15) is 0 Å². The van der Waals surface area contributed by atoms with Crippen LogP contribution in [-0.4, -0.2) is 26.0 Å². The number of carboxylic acids is 1. The highest BCUT2D eigenvalue weighted by molar-refractivity contribution is 7.89. The maximum atomic E-state index is 11.8. The van der Waals surface area contributed by atoms with Crippen molar-refractivity contribution in [2.24, 2.45) is 5.92 Å². The molecule has 0 fully saturated rings. The topological polar surface area (TPSA) is 83.5 Å². The number of nitrogens with one attached hydrogen (secondary N) is 1. The van der Waals surface area contributed by atoms with E-state index in [0.717, 1.165) is 0 Å². The third kappa shape index (κ3) is 3.97. The molecule has 0 heterocycles. The fourth-order valence-corrected chi connectivity index (χ4v) is 2.52. The second-order valence-corrected chi connectivity index (χ2v) is 5.95. The lowest BCUT2D eigenvalue weighted by Crippen LogP contribution is -2.32. The molecule has 0 saturated heterocycles. The van der Waals surface area contributed by atoms with Gasteiger partial charge in [-0.15, -0.1) is 0 Å². The Balaban J connectivity index is 2.76. The van der Waals surface area contributed by atoms with Gasteiger partial charge in [0, 0.05) is 11.6 Å². The van der Waals surface area contributed by atoms with Crippen molar-refractivity contribution in [1.29, 1.82) is 0 Å². The molecule has 0 saturated carbocycles. The number of aliphatic carboxylic acids is 1. The molecule has 0 aliphatic rings. The Labute approximate surface area is 111 Å². The van der Waals surface area contributed by atoms with E-state index < -0.39 is 21.9 Å². The molecule has 0 radical (unpaired) electrons. The molecule has 1 atom stereocenters. The molecular weight excluding hydrogens is 278 g/mol. The summed E-state index contributed by atoms with van der Waals surface area (Å²) in [5.41, 5.74) is 0. The zero-order chi connectivity index (χ0) is 13.8. The summed E-state index contributed by atoms with van der Waals surface area (Å²) in [6.07, 6.45) is 0.360. The molecule has 2 N–H and O–H groups in total. The third-order valence-corrected chi connectivity index (χ3v) is 4.18. The summed E-state index contributed by atoms with van der Waals surface area (Å²) in [7, 11) is -3.69. The van der Waals surface area contributed by atoms with Gasteiger partial charge in [0.25, 0.3) is 0 Å². The minimum absolute atomic E-state index is 0.0622. The van der Waals surface area contributed by atoms with E-state index >= 15 is 0 Å². The summed E-state index contributed by atoms with van der Waals surface area (Å²) >= 11 is 5.66. The average molecular weight is 292 g/mol. The van der Waals surface area contributed by atoms with Gasteiger partial charge in [0.05, 0.1) is 10.8 Å². The molecule has 1 rings (SSSR count). The molecular formula is C11H14ClNO4S. The van der Waals surface area contributed by atoms with Crippen LogP contribution in [0.4, 0.5) is 0 Å². The molecule has 0 aliphatic heterocycles. The maximum absolute atomic E-state index is 11.8. The van der Waals surface area contributed by atoms with Crippen molar-refractivity contribution in [3.05, 3.63) is 29.3 Å². The monoisotopic (exact) mass is 291 g/mol. The number of hydrogen-bond acceptors (Lipinski definition) is 3. The molecule has 18 heavy (non-hydrogen) atoms. The van der Waals surface area contributed by atoms with Gasteiger partial charge in [0.2, 0.25) is 10.0 Å². The van der Waals surface area contributed by atoms with Crippen molar-refractivity contribution < 1.29 is 18.3 Å². The quantitative estimate of drug-likeness (QED) is 0.836. The molecule has 1 aromatic carbocycles. The van der Waals surface area contributed by atoms with Crippen molar-refractivity contribution in [2.75, 3.05) is 6.54 Å². The Kier molecular flexibility index (Phi) is 5.13. The average Bonchev–Trinajstić information content (AvgIpc) is 2.29. The first-order valence-corrected chi connectivity index (χ1v) is 7.21. The van der Waals surface area contributed by atoms with E-state index in [4.69, 9.17) is 16.7 Å². The number of carboxylic acid groups (broad SMARTS) is 1. The van der Waals surface area contributed by atoms with Crippen molar-refractivity contribution in [3.63, 3.8) is 0 Å². The number of sulfonamides is 1. The molecule has 0 aromatic heterocycles. The smallest absolute Gasteiger partial charge is 0.307 e. The van der Waals surface area contributed by atoms with Gasteiger partial charge in [-0.25, -0.2) is 13.1 Å². The molecule has 7 heteroatoms. The van der Waals surface area contributed by atoms with Gasteiger partial charge in [-0.2, -0.15) is 0 Å². The number of carbonyl (C=O) groups is 1. The minimum Gasteiger partial charge on any atom is -0.481 e. The van der Waals surface area contributed by atoms with Crippen molar-refractivity contribution in [3.8, 4) is 0 Å². The summed E-state index contributed by atoms with van der Waals surface area (Å²) < 4.78 is 26.0. The fraction of sp³-hybridized carbons (Fsp3) is 0.364. The van der Waals surface area contributed by atoms with Crippen LogP contribution in [0.15, 0.2) is 29.2 Å². The second kappa shape index (κ2) is 6.17. The zero-order valence-corrected chi connectivity index (χ0v) is 11.3. The standard InChI is InChI=1S/C11H14ClNO4S/c1-2-8(11(14)15)7-13-18(16,17)10-5-3-9(12)4-6-10/h3-6,8,13H,2,7H2,1H3,(H,14,15). The van der Waals surface area contributed by atoms with Crippen molar-refractivity contribution >= 4 is 27.6 Å². The first-order chi connectivity index (χ1) is 8.36. The van der Waals surface area contributed by atoms with Gasteiger partial charge in [-0.1, -0.05) is 18.5 Å². The lowest BCUT2D eigenvalue weighted by Gasteiger charge is -2.11. The predicted octanol–water partition coefficient (Wildman–Crippen LogP) is 1.73. The SMILES string of the molecule is CCC(CNS(=O)(=O)c1ccc(Cl)cc1)C(=O)O. The largest absolute Gasteiger partial charge is 0.481 e. The highest BCUT2D eigenvalue weighted by atomic mass is 35.5. The Bertz CT molecular complexity index is 512. The Morgan fingerprint density at radius 2 is 1.94 bits per heavy atom. The molecule has 1 aromatic rings. The van der Waals surface area contributed by atoms with Gasteiger partial charge in [-0.3, -0.25) is 4.79 Å². The summed E-state index contributed by atoms with van der Waals surface area (Å²) in [4.78, 5) is 10.8. The number of benzene rings is 1. The first-order valence-electron chi connectivity index (χ1n) is 5.35. The van der Waals surface area contributed by atoms with Gasteiger partial charge in [0.15, 0.2) is 0 Å². The van der Waals surface area contributed by atoms with E-state index in [9.17, 15) is 13.2 Å². The van der Waals surface area contributed by atoms with E-state index in [-0.39, 0.29) is 11.4 Å². The number of halogens is 1. The van der Waals surface area contributed by atoms with Crippen LogP contribution in [0, 0.1) is 5.92 Å². The molecule has 0 spiro atoms. The molecule has 0 amide bonds. The molecule has 0 aliphatic carbocycles. The molecule has 100 valence electrons. The number of rotatable bonds is 6. The van der Waals surface area contributed by atoms with Crippen LogP contribution < -0.4 is 4.72 Å². The van der Waals surface area contributed by atoms with Gasteiger partial charge in [-0.05, 0) is 30.7 Å².